The summed E-state index contributed by atoms with van der Waals surface area (Å²) in [6.07, 6.45) is 0.797. The minimum atomic E-state index is -0.838. The molecule has 196 valence electrons. The molecule has 3 rings (SSSR count). The number of nitrogens with one attached hydrogen (secondary N) is 2. The van der Waals surface area contributed by atoms with Gasteiger partial charge in [0.1, 0.15) is 24.1 Å². The fraction of sp³-hybridized carbons (Fsp3) is 0.333. The van der Waals surface area contributed by atoms with Crippen molar-refractivity contribution in [2.24, 2.45) is 11.7 Å². The molecule has 7 nitrogen and oxygen atoms in total. The van der Waals surface area contributed by atoms with Crippen LogP contribution in [0.2, 0.25) is 0 Å². The lowest BCUT2D eigenvalue weighted by Gasteiger charge is -2.22. The summed E-state index contributed by atoms with van der Waals surface area (Å²) in [4.78, 5) is 26.1. The highest BCUT2D eigenvalue weighted by atomic mass is 16.5. The number of hydrogen-bond donors (Lipinski definition) is 4. The number of aryl methyl sites for hydroxylation is 2. The number of carbonyl (C=O) groups is 2. The van der Waals surface area contributed by atoms with Crippen LogP contribution in [0, 0.1) is 19.8 Å². The van der Waals surface area contributed by atoms with Crippen LogP contribution in [0.3, 0.4) is 0 Å². The molecule has 0 saturated heterocycles. The van der Waals surface area contributed by atoms with Gasteiger partial charge in [-0.3, -0.25) is 9.59 Å². The Balaban J connectivity index is 1.73. The van der Waals surface area contributed by atoms with Gasteiger partial charge in [-0.1, -0.05) is 56.3 Å². The summed E-state index contributed by atoms with van der Waals surface area (Å²) in [7, 11) is 0. The topological polar surface area (TPSA) is 114 Å². The second kappa shape index (κ2) is 12.9. The number of benzene rings is 3. The summed E-state index contributed by atoms with van der Waals surface area (Å²) in [6, 6.07) is 19.2. The quantitative estimate of drug-likeness (QED) is 0.285. The number of rotatable bonds is 11. The minimum absolute atomic E-state index is 0.162. The van der Waals surface area contributed by atoms with Crippen molar-refractivity contribution in [1.29, 1.82) is 0 Å². The van der Waals surface area contributed by atoms with E-state index in [9.17, 15) is 14.7 Å². The second-order valence-electron chi connectivity index (χ2n) is 9.86. The van der Waals surface area contributed by atoms with Crippen molar-refractivity contribution in [2.45, 2.75) is 59.2 Å². The number of phenols is 1. The van der Waals surface area contributed by atoms with Gasteiger partial charge in [0.05, 0.1) is 6.04 Å². The van der Waals surface area contributed by atoms with Crippen LogP contribution in [-0.2, 0) is 22.6 Å². The zero-order chi connectivity index (χ0) is 26.9. The first kappa shape index (κ1) is 27.7. The van der Waals surface area contributed by atoms with Gasteiger partial charge in [-0.15, -0.1) is 0 Å². The van der Waals surface area contributed by atoms with Crippen molar-refractivity contribution in [3.8, 4) is 11.5 Å². The summed E-state index contributed by atoms with van der Waals surface area (Å²) >= 11 is 0. The van der Waals surface area contributed by atoms with E-state index in [1.807, 2.05) is 68.4 Å². The monoisotopic (exact) mass is 503 g/mol. The lowest BCUT2D eigenvalue weighted by atomic mass is 10.0. The van der Waals surface area contributed by atoms with Gasteiger partial charge in [-0.05, 0) is 72.7 Å². The molecular formula is C30H37N3O4. The Labute approximate surface area is 219 Å². The van der Waals surface area contributed by atoms with Crippen LogP contribution in [0.15, 0.2) is 66.7 Å². The van der Waals surface area contributed by atoms with Crippen LogP contribution in [0.5, 0.6) is 11.5 Å². The third-order valence-corrected chi connectivity index (χ3v) is 6.11. The van der Waals surface area contributed by atoms with Crippen molar-refractivity contribution in [2.75, 3.05) is 5.32 Å². The first-order chi connectivity index (χ1) is 17.6. The molecule has 0 aliphatic heterocycles. The van der Waals surface area contributed by atoms with Crippen molar-refractivity contribution in [3.05, 3.63) is 89.0 Å². The standard InChI is InChI=1S/C30H37N3O4/c1-19(2)14-25(31)29(35)33-27(30(36)32-26-15-21(4)28(34)16-20(26)3)17-22-10-12-24(13-11-22)37-18-23-8-6-5-7-9-23/h5-13,15-16,19,25,27,34H,14,17-18,31H2,1-4H3,(H,32,36)(H,33,35). The summed E-state index contributed by atoms with van der Waals surface area (Å²) in [5.74, 6) is 0.401. The summed E-state index contributed by atoms with van der Waals surface area (Å²) in [6.45, 7) is 8.01. The maximum Gasteiger partial charge on any atom is 0.247 e. The Kier molecular flexibility index (Phi) is 9.69. The van der Waals surface area contributed by atoms with Crippen molar-refractivity contribution in [1.82, 2.24) is 5.32 Å². The van der Waals surface area contributed by atoms with Crippen molar-refractivity contribution < 1.29 is 19.4 Å². The van der Waals surface area contributed by atoms with Gasteiger partial charge >= 0.3 is 0 Å². The van der Waals surface area contributed by atoms with Gasteiger partial charge in [-0.25, -0.2) is 0 Å². The SMILES string of the molecule is Cc1cc(NC(=O)C(Cc2ccc(OCc3ccccc3)cc2)NC(=O)C(N)CC(C)C)c(C)cc1O. The summed E-state index contributed by atoms with van der Waals surface area (Å²) in [5.41, 5.74) is 9.97. The first-order valence-electron chi connectivity index (χ1n) is 12.5. The van der Waals surface area contributed by atoms with E-state index >= 15 is 0 Å². The average Bonchev–Trinajstić information content (AvgIpc) is 2.86. The van der Waals surface area contributed by atoms with Gasteiger partial charge in [0, 0.05) is 12.1 Å². The molecule has 3 aromatic rings. The van der Waals surface area contributed by atoms with Gasteiger partial charge in [-0.2, -0.15) is 0 Å². The molecule has 5 N–H and O–H groups in total. The Hall–Kier alpha value is -3.84. The fourth-order valence-electron chi connectivity index (χ4n) is 3.96. The molecule has 0 aliphatic rings. The number of anilines is 1. The predicted octanol–water partition coefficient (Wildman–Crippen LogP) is 4.63. The normalized spacial score (nSPS) is 12.6. The second-order valence-corrected chi connectivity index (χ2v) is 9.86. The number of amides is 2. The third-order valence-electron chi connectivity index (χ3n) is 6.11. The lowest BCUT2D eigenvalue weighted by Crippen LogP contribution is -2.51. The van der Waals surface area contributed by atoms with Gasteiger partial charge in [0.15, 0.2) is 0 Å². The Morgan fingerprint density at radius 1 is 0.919 bits per heavy atom. The van der Waals surface area contributed by atoms with Gasteiger partial charge < -0.3 is 26.2 Å². The van der Waals surface area contributed by atoms with E-state index in [0.29, 0.717) is 30.0 Å². The molecule has 0 aliphatic carbocycles. The van der Waals surface area contributed by atoms with Crippen molar-refractivity contribution >= 4 is 17.5 Å². The number of aromatic hydroxyl groups is 1. The average molecular weight is 504 g/mol. The predicted molar refractivity (Wildman–Crippen MR) is 146 cm³/mol. The molecule has 0 heterocycles. The molecule has 7 heteroatoms. The van der Waals surface area contributed by atoms with Crippen molar-refractivity contribution in [3.63, 3.8) is 0 Å². The van der Waals surface area contributed by atoms with Crippen LogP contribution in [0.4, 0.5) is 5.69 Å². The van der Waals surface area contributed by atoms with E-state index < -0.39 is 12.1 Å². The van der Waals surface area contributed by atoms with E-state index in [2.05, 4.69) is 10.6 Å². The number of carbonyl (C=O) groups excluding carboxylic acids is 2. The molecule has 2 unspecified atom stereocenters. The molecular weight excluding hydrogens is 466 g/mol. The number of phenolic OH excluding ortho intramolecular Hbond substituents is 1. The highest BCUT2D eigenvalue weighted by molar-refractivity contribution is 5.98. The maximum atomic E-state index is 13.3. The number of hydrogen-bond acceptors (Lipinski definition) is 5. The largest absolute Gasteiger partial charge is 0.508 e. The number of nitrogens with two attached hydrogens (primary N) is 1. The first-order valence-corrected chi connectivity index (χ1v) is 12.5. The molecule has 0 radical (unpaired) electrons. The van der Waals surface area contributed by atoms with E-state index in [1.165, 1.54) is 0 Å². The molecule has 0 saturated carbocycles. The highest BCUT2D eigenvalue weighted by Crippen LogP contribution is 2.25. The van der Waals surface area contributed by atoms with Crippen LogP contribution in [0.25, 0.3) is 0 Å². The maximum absolute atomic E-state index is 13.3. The fourth-order valence-corrected chi connectivity index (χ4v) is 3.96. The highest BCUT2D eigenvalue weighted by Gasteiger charge is 2.25. The Bertz CT molecular complexity index is 1190. The van der Waals surface area contributed by atoms with E-state index in [4.69, 9.17) is 10.5 Å². The minimum Gasteiger partial charge on any atom is -0.508 e. The van der Waals surface area contributed by atoms with E-state index in [1.54, 1.807) is 26.0 Å². The molecule has 37 heavy (non-hydrogen) atoms. The zero-order valence-electron chi connectivity index (χ0n) is 22.0. The van der Waals surface area contributed by atoms with Gasteiger partial charge in [0.25, 0.3) is 0 Å². The molecule has 0 bridgehead atoms. The smallest absolute Gasteiger partial charge is 0.247 e. The Morgan fingerprint density at radius 3 is 2.24 bits per heavy atom. The summed E-state index contributed by atoms with van der Waals surface area (Å²) in [5, 5.41) is 15.7. The van der Waals surface area contributed by atoms with E-state index in [-0.39, 0.29) is 29.9 Å². The summed E-state index contributed by atoms with van der Waals surface area (Å²) < 4.78 is 5.86. The lowest BCUT2D eigenvalue weighted by molar-refractivity contribution is -0.127. The molecule has 0 fully saturated rings. The number of ether oxygens (including phenoxy) is 1. The molecule has 2 atom stereocenters. The third kappa shape index (κ3) is 8.36. The van der Waals surface area contributed by atoms with Crippen LogP contribution in [-0.4, -0.2) is 29.0 Å². The zero-order valence-corrected chi connectivity index (χ0v) is 22.0. The molecule has 2 amide bonds. The van der Waals surface area contributed by atoms with Crippen LogP contribution in [0.1, 0.15) is 42.5 Å². The molecule has 0 aromatic heterocycles. The van der Waals surface area contributed by atoms with Crippen LogP contribution >= 0.6 is 0 Å². The Morgan fingerprint density at radius 2 is 1.59 bits per heavy atom. The van der Waals surface area contributed by atoms with Gasteiger partial charge in [0.2, 0.25) is 11.8 Å². The van der Waals surface area contributed by atoms with E-state index in [0.717, 1.165) is 16.7 Å². The molecule has 0 spiro atoms. The molecule has 3 aromatic carbocycles. The van der Waals surface area contributed by atoms with Crippen LogP contribution < -0.4 is 21.1 Å².